The molecule has 25 heavy (non-hydrogen) atoms. The molecular formula is C19H26F2N2O2. The lowest BCUT2D eigenvalue weighted by Crippen LogP contribution is -2.60. The molecule has 0 aromatic carbocycles. The van der Waals surface area contributed by atoms with Crippen LogP contribution in [-0.4, -0.2) is 28.6 Å². The Balaban J connectivity index is 2.08. The summed E-state index contributed by atoms with van der Waals surface area (Å²) in [6.07, 6.45) is 2.64. The van der Waals surface area contributed by atoms with Crippen LogP contribution in [0.5, 0.6) is 0 Å². The van der Waals surface area contributed by atoms with Gasteiger partial charge < -0.3 is 4.74 Å². The predicted molar refractivity (Wildman–Crippen MR) is 92.1 cm³/mol. The van der Waals surface area contributed by atoms with Crippen molar-refractivity contribution in [2.24, 2.45) is 5.92 Å². The molecule has 0 N–H and O–H groups in total. The summed E-state index contributed by atoms with van der Waals surface area (Å²) in [4.78, 5) is 18.3. The van der Waals surface area contributed by atoms with Crippen molar-refractivity contribution >= 4 is 11.8 Å². The van der Waals surface area contributed by atoms with Gasteiger partial charge in [-0.1, -0.05) is 20.3 Å². The molecule has 138 valence electrons. The van der Waals surface area contributed by atoms with Crippen molar-refractivity contribution in [3.8, 4) is 0 Å². The lowest BCUT2D eigenvalue weighted by Gasteiger charge is -2.44. The molecule has 1 aliphatic carbocycles. The molecule has 4 nitrogen and oxygen atoms in total. The fourth-order valence-electron chi connectivity index (χ4n) is 3.86. The number of hydrogen-bond acceptors (Lipinski definition) is 3. The van der Waals surface area contributed by atoms with Gasteiger partial charge in [0, 0.05) is 17.5 Å². The van der Waals surface area contributed by atoms with E-state index < -0.39 is 35.0 Å². The van der Waals surface area contributed by atoms with Gasteiger partial charge in [-0.3, -0.25) is 9.88 Å². The second kappa shape index (κ2) is 5.64. The number of hydrogen-bond donors (Lipinski definition) is 0. The molecule has 3 rings (SSSR count). The van der Waals surface area contributed by atoms with Crippen molar-refractivity contribution in [2.45, 2.75) is 76.9 Å². The maximum absolute atomic E-state index is 15.4. The monoisotopic (exact) mass is 352 g/mol. The number of carbonyl (C=O) groups excluding carboxylic acids is 1. The van der Waals surface area contributed by atoms with E-state index in [-0.39, 0.29) is 0 Å². The van der Waals surface area contributed by atoms with Gasteiger partial charge in [0.2, 0.25) is 0 Å². The molecule has 1 saturated carbocycles. The Morgan fingerprint density at radius 2 is 1.96 bits per heavy atom. The predicted octanol–water partition coefficient (Wildman–Crippen LogP) is 4.92. The molecule has 2 aliphatic rings. The van der Waals surface area contributed by atoms with E-state index in [0.29, 0.717) is 24.2 Å². The Morgan fingerprint density at radius 1 is 1.32 bits per heavy atom. The molecule has 0 saturated heterocycles. The van der Waals surface area contributed by atoms with E-state index in [4.69, 9.17) is 4.74 Å². The van der Waals surface area contributed by atoms with Crippen LogP contribution in [0.3, 0.4) is 0 Å². The van der Waals surface area contributed by atoms with Gasteiger partial charge in [-0.25, -0.2) is 13.6 Å². The highest BCUT2D eigenvalue weighted by molar-refractivity contribution is 5.92. The molecule has 2 heterocycles. The summed E-state index contributed by atoms with van der Waals surface area (Å²) < 4.78 is 36.3. The summed E-state index contributed by atoms with van der Waals surface area (Å²) in [6, 6.07) is 2.03. The number of carbonyl (C=O) groups is 1. The van der Waals surface area contributed by atoms with Crippen LogP contribution >= 0.6 is 0 Å². The zero-order valence-corrected chi connectivity index (χ0v) is 15.5. The van der Waals surface area contributed by atoms with Gasteiger partial charge in [0.1, 0.15) is 11.6 Å². The first-order chi connectivity index (χ1) is 11.5. The zero-order valence-electron chi connectivity index (χ0n) is 15.5. The number of nitrogens with zero attached hydrogens (tertiary/aromatic N) is 2. The highest BCUT2D eigenvalue weighted by Gasteiger charge is 2.63. The van der Waals surface area contributed by atoms with Gasteiger partial charge >= 0.3 is 6.09 Å². The van der Waals surface area contributed by atoms with Crippen molar-refractivity contribution in [1.29, 1.82) is 0 Å². The van der Waals surface area contributed by atoms with Crippen LogP contribution in [0.4, 0.5) is 19.3 Å². The standard InChI is InChI=1S/C19H26F2N2O2/c1-17(2,3)25-16(24)23-13-10-7-11-22-14(13)18(4,5)15(23)19(20,21)12-8-6-9-12/h7,10-12,15H,6,8-9H2,1-5H3. The molecule has 0 radical (unpaired) electrons. The number of pyridine rings is 1. The SMILES string of the molecule is CC(C)(C)OC(=O)N1c2cccnc2C(C)(C)C1C(F)(F)C1CCC1. The normalized spacial score (nSPS) is 23.2. The summed E-state index contributed by atoms with van der Waals surface area (Å²) in [7, 11) is 0. The van der Waals surface area contributed by atoms with Gasteiger partial charge in [-0.05, 0) is 45.7 Å². The topological polar surface area (TPSA) is 42.4 Å². The van der Waals surface area contributed by atoms with Crippen LogP contribution in [0.2, 0.25) is 0 Å². The first kappa shape index (κ1) is 18.1. The van der Waals surface area contributed by atoms with E-state index in [0.717, 1.165) is 11.3 Å². The largest absolute Gasteiger partial charge is 0.443 e. The highest BCUT2D eigenvalue weighted by Crippen LogP contribution is 2.54. The van der Waals surface area contributed by atoms with Crippen LogP contribution in [0.25, 0.3) is 0 Å². The third-order valence-electron chi connectivity index (χ3n) is 5.20. The van der Waals surface area contributed by atoms with Gasteiger partial charge in [-0.2, -0.15) is 0 Å². The third-order valence-corrected chi connectivity index (χ3v) is 5.20. The summed E-state index contributed by atoms with van der Waals surface area (Å²) in [5.74, 6) is -3.70. The number of anilines is 1. The minimum Gasteiger partial charge on any atom is -0.443 e. The van der Waals surface area contributed by atoms with E-state index >= 15 is 8.78 Å². The highest BCUT2D eigenvalue weighted by atomic mass is 19.3. The van der Waals surface area contributed by atoms with Crippen LogP contribution in [0.15, 0.2) is 18.3 Å². The van der Waals surface area contributed by atoms with E-state index in [1.807, 2.05) is 0 Å². The van der Waals surface area contributed by atoms with Crippen molar-refractivity contribution in [3.05, 3.63) is 24.0 Å². The molecule has 6 heteroatoms. The summed E-state index contributed by atoms with van der Waals surface area (Å²) >= 11 is 0. The fourth-order valence-corrected chi connectivity index (χ4v) is 3.86. The molecule has 1 aliphatic heterocycles. The molecular weight excluding hydrogens is 326 g/mol. The third kappa shape index (κ3) is 2.89. The average Bonchev–Trinajstić information content (AvgIpc) is 2.63. The smallest absolute Gasteiger partial charge is 0.415 e. The first-order valence-corrected chi connectivity index (χ1v) is 8.82. The Kier molecular flexibility index (Phi) is 4.08. The maximum atomic E-state index is 15.4. The van der Waals surface area contributed by atoms with E-state index in [1.165, 1.54) is 0 Å². The molecule has 1 aromatic heterocycles. The van der Waals surface area contributed by atoms with E-state index in [1.54, 1.807) is 52.9 Å². The van der Waals surface area contributed by atoms with Crippen LogP contribution in [-0.2, 0) is 10.2 Å². The first-order valence-electron chi connectivity index (χ1n) is 8.82. The minimum atomic E-state index is -3.00. The van der Waals surface area contributed by atoms with Crippen molar-refractivity contribution < 1.29 is 18.3 Å². The molecule has 1 unspecified atom stereocenters. The zero-order chi connectivity index (χ0) is 18.6. The Morgan fingerprint density at radius 3 is 2.48 bits per heavy atom. The average molecular weight is 352 g/mol. The van der Waals surface area contributed by atoms with Gasteiger partial charge in [0.15, 0.2) is 0 Å². The van der Waals surface area contributed by atoms with Crippen LogP contribution < -0.4 is 4.90 Å². The lowest BCUT2D eigenvalue weighted by molar-refractivity contribution is -0.119. The molecule has 1 aromatic rings. The Bertz CT molecular complexity index is 678. The number of fused-ring (bicyclic) bond motifs is 1. The van der Waals surface area contributed by atoms with Crippen molar-refractivity contribution in [3.63, 3.8) is 0 Å². The fraction of sp³-hybridized carbons (Fsp3) is 0.684. The number of rotatable bonds is 2. The molecule has 0 spiro atoms. The Hall–Kier alpha value is -1.72. The maximum Gasteiger partial charge on any atom is 0.415 e. The molecule has 1 atom stereocenters. The van der Waals surface area contributed by atoms with Gasteiger partial charge in [0.05, 0.1) is 11.4 Å². The number of alkyl halides is 2. The van der Waals surface area contributed by atoms with Gasteiger partial charge in [0.25, 0.3) is 5.92 Å². The molecule has 1 amide bonds. The molecule has 0 bridgehead atoms. The quantitative estimate of drug-likeness (QED) is 0.759. The minimum absolute atomic E-state index is 0.422. The number of ether oxygens (including phenoxy) is 1. The van der Waals surface area contributed by atoms with Crippen LogP contribution in [0, 0.1) is 5.92 Å². The summed E-state index contributed by atoms with van der Waals surface area (Å²) in [6.45, 7) is 8.67. The second-order valence-electron chi connectivity index (χ2n) is 8.65. The second-order valence-corrected chi connectivity index (χ2v) is 8.65. The van der Waals surface area contributed by atoms with Crippen molar-refractivity contribution in [1.82, 2.24) is 4.98 Å². The van der Waals surface area contributed by atoms with E-state index in [2.05, 4.69) is 4.98 Å². The number of halogens is 2. The van der Waals surface area contributed by atoms with E-state index in [9.17, 15) is 4.79 Å². The number of aromatic nitrogens is 1. The van der Waals surface area contributed by atoms with Gasteiger partial charge in [-0.15, -0.1) is 0 Å². The molecule has 1 fully saturated rings. The summed E-state index contributed by atoms with van der Waals surface area (Å²) in [5, 5.41) is 0. The van der Waals surface area contributed by atoms with Crippen molar-refractivity contribution in [2.75, 3.05) is 4.90 Å². The lowest BCUT2D eigenvalue weighted by atomic mass is 9.71. The Labute approximate surface area is 147 Å². The summed E-state index contributed by atoms with van der Waals surface area (Å²) in [5.41, 5.74) is -0.787. The van der Waals surface area contributed by atoms with Crippen LogP contribution in [0.1, 0.15) is 59.6 Å². The number of amides is 1.